The normalized spacial score (nSPS) is 12.6. The molecule has 8 heteroatoms. The number of nitrogens with two attached hydrogens (primary N) is 1. The zero-order chi connectivity index (χ0) is 14.6. The summed E-state index contributed by atoms with van der Waals surface area (Å²) in [6, 6.07) is 1.96. The molecule has 1 rings (SSSR count). The first-order chi connectivity index (χ1) is 8.85. The third kappa shape index (κ3) is 3.27. The van der Waals surface area contributed by atoms with Gasteiger partial charge in [-0.05, 0) is 26.0 Å². The average molecular weight is 276 g/mol. The van der Waals surface area contributed by atoms with Crippen LogP contribution in [0.5, 0.6) is 0 Å². The fraction of sp³-hybridized carbons (Fsp3) is 0.455. The van der Waals surface area contributed by atoms with E-state index >= 15 is 0 Å². The molecular weight excluding hydrogens is 261 g/mol. The van der Waals surface area contributed by atoms with E-state index in [-0.39, 0.29) is 17.2 Å². The number of oxime groups is 1. The summed E-state index contributed by atoms with van der Waals surface area (Å²) in [7, 11) is 0. The average Bonchev–Trinajstić information content (AvgIpc) is 2.38. The molecule has 19 heavy (non-hydrogen) atoms. The van der Waals surface area contributed by atoms with Gasteiger partial charge in [0.05, 0.1) is 5.56 Å². The molecule has 0 radical (unpaired) electrons. The number of pyridine rings is 1. The van der Waals surface area contributed by atoms with Crippen LogP contribution in [0.3, 0.4) is 0 Å². The van der Waals surface area contributed by atoms with Crippen LogP contribution in [0.4, 0.5) is 19.0 Å². The van der Waals surface area contributed by atoms with Gasteiger partial charge in [-0.15, -0.1) is 0 Å². The van der Waals surface area contributed by atoms with Crippen LogP contribution in [-0.4, -0.2) is 29.1 Å². The lowest BCUT2D eigenvalue weighted by Crippen LogP contribution is -2.28. The van der Waals surface area contributed by atoms with Crippen LogP contribution in [0.15, 0.2) is 17.3 Å². The molecule has 0 aliphatic carbocycles. The van der Waals surface area contributed by atoms with Crippen molar-refractivity contribution in [2.75, 3.05) is 18.0 Å². The number of hydrogen-bond donors (Lipinski definition) is 2. The molecule has 0 saturated carbocycles. The lowest BCUT2D eigenvalue weighted by atomic mass is 10.2. The topological polar surface area (TPSA) is 74.7 Å². The molecule has 0 aliphatic rings. The van der Waals surface area contributed by atoms with E-state index in [0.717, 1.165) is 12.1 Å². The molecule has 0 aromatic carbocycles. The summed E-state index contributed by atoms with van der Waals surface area (Å²) in [5.74, 6) is -0.224. The molecule has 0 spiro atoms. The van der Waals surface area contributed by atoms with E-state index in [4.69, 9.17) is 10.9 Å². The van der Waals surface area contributed by atoms with Gasteiger partial charge in [-0.25, -0.2) is 4.98 Å². The van der Waals surface area contributed by atoms with E-state index in [1.165, 1.54) is 0 Å². The van der Waals surface area contributed by atoms with Gasteiger partial charge in [-0.1, -0.05) is 5.16 Å². The van der Waals surface area contributed by atoms with Crippen molar-refractivity contribution in [1.82, 2.24) is 4.98 Å². The van der Waals surface area contributed by atoms with E-state index < -0.39 is 11.9 Å². The fourth-order valence-electron chi connectivity index (χ4n) is 1.62. The van der Waals surface area contributed by atoms with E-state index in [9.17, 15) is 13.2 Å². The Kier molecular flexibility index (Phi) is 4.57. The molecule has 0 saturated heterocycles. The van der Waals surface area contributed by atoms with E-state index in [2.05, 4.69) is 10.1 Å². The van der Waals surface area contributed by atoms with E-state index in [0.29, 0.717) is 13.1 Å². The molecule has 5 nitrogen and oxygen atoms in total. The van der Waals surface area contributed by atoms with Gasteiger partial charge in [0, 0.05) is 13.1 Å². The Morgan fingerprint density at radius 2 is 1.95 bits per heavy atom. The molecule has 0 bridgehead atoms. The molecule has 0 amide bonds. The Bertz CT molecular complexity index is 469. The van der Waals surface area contributed by atoms with Gasteiger partial charge < -0.3 is 15.8 Å². The Morgan fingerprint density at radius 1 is 1.37 bits per heavy atom. The maximum atomic E-state index is 12.7. The molecule has 106 valence electrons. The highest BCUT2D eigenvalue weighted by atomic mass is 19.4. The minimum Gasteiger partial charge on any atom is -0.409 e. The Hall–Kier alpha value is -1.99. The van der Waals surface area contributed by atoms with Gasteiger partial charge in [-0.2, -0.15) is 13.2 Å². The van der Waals surface area contributed by atoms with Crippen molar-refractivity contribution in [3.63, 3.8) is 0 Å². The summed E-state index contributed by atoms with van der Waals surface area (Å²) in [4.78, 5) is 5.18. The van der Waals surface area contributed by atoms with Crippen LogP contribution >= 0.6 is 0 Å². The molecule has 1 aromatic rings. The number of alkyl halides is 3. The van der Waals surface area contributed by atoms with Crippen molar-refractivity contribution in [2.45, 2.75) is 20.0 Å². The summed E-state index contributed by atoms with van der Waals surface area (Å²) in [6.45, 7) is 4.47. The maximum Gasteiger partial charge on any atom is 0.433 e. The summed E-state index contributed by atoms with van der Waals surface area (Å²) < 4.78 is 38.0. The van der Waals surface area contributed by atoms with Crippen molar-refractivity contribution in [3.8, 4) is 0 Å². The van der Waals surface area contributed by atoms with Gasteiger partial charge in [0.1, 0.15) is 11.5 Å². The summed E-state index contributed by atoms with van der Waals surface area (Å²) in [5, 5.41) is 11.5. The van der Waals surface area contributed by atoms with Crippen molar-refractivity contribution in [2.24, 2.45) is 10.9 Å². The van der Waals surface area contributed by atoms with E-state index in [1.54, 1.807) is 18.7 Å². The number of nitrogens with zero attached hydrogens (tertiary/aromatic N) is 3. The monoisotopic (exact) mass is 276 g/mol. The number of halogens is 3. The van der Waals surface area contributed by atoms with Crippen LogP contribution in [-0.2, 0) is 6.18 Å². The third-order valence-electron chi connectivity index (χ3n) is 2.61. The summed E-state index contributed by atoms with van der Waals surface area (Å²) in [6.07, 6.45) is -4.54. The lowest BCUT2D eigenvalue weighted by Gasteiger charge is -2.23. The third-order valence-corrected chi connectivity index (χ3v) is 2.61. The van der Waals surface area contributed by atoms with Crippen molar-refractivity contribution in [1.29, 1.82) is 0 Å². The number of anilines is 1. The lowest BCUT2D eigenvalue weighted by molar-refractivity contribution is -0.141. The van der Waals surface area contributed by atoms with Crippen LogP contribution in [0.1, 0.15) is 25.1 Å². The quantitative estimate of drug-likeness (QED) is 0.382. The molecule has 0 fully saturated rings. The van der Waals surface area contributed by atoms with Crippen molar-refractivity contribution >= 4 is 11.7 Å². The maximum absolute atomic E-state index is 12.7. The van der Waals surface area contributed by atoms with Crippen LogP contribution in [0.25, 0.3) is 0 Å². The second-order valence-electron chi connectivity index (χ2n) is 3.72. The van der Waals surface area contributed by atoms with Crippen LogP contribution in [0.2, 0.25) is 0 Å². The van der Waals surface area contributed by atoms with Crippen molar-refractivity contribution in [3.05, 3.63) is 23.4 Å². The molecular formula is C11H15F3N4O. The molecule has 0 aliphatic heterocycles. The largest absolute Gasteiger partial charge is 0.433 e. The molecule has 0 unspecified atom stereocenters. The number of hydrogen-bond acceptors (Lipinski definition) is 4. The van der Waals surface area contributed by atoms with Gasteiger partial charge in [-0.3, -0.25) is 0 Å². The van der Waals surface area contributed by atoms with E-state index in [1.807, 2.05) is 0 Å². The minimum atomic E-state index is -4.54. The molecule has 3 N–H and O–H groups in total. The summed E-state index contributed by atoms with van der Waals surface area (Å²) in [5.41, 5.74) is 4.61. The van der Waals surface area contributed by atoms with Gasteiger partial charge in [0.25, 0.3) is 0 Å². The van der Waals surface area contributed by atoms with Gasteiger partial charge >= 0.3 is 6.18 Å². The Balaban J connectivity index is 3.42. The number of amidine groups is 1. The molecule has 1 aromatic heterocycles. The Morgan fingerprint density at radius 3 is 2.37 bits per heavy atom. The smallest absolute Gasteiger partial charge is 0.409 e. The highest BCUT2D eigenvalue weighted by molar-refractivity contribution is 6.01. The highest BCUT2D eigenvalue weighted by Gasteiger charge is 2.33. The molecule has 0 atom stereocenters. The van der Waals surface area contributed by atoms with Crippen LogP contribution < -0.4 is 10.6 Å². The SMILES string of the molecule is CCN(CC)c1nc(C(F)(F)F)ccc1C(N)=NO. The first kappa shape index (κ1) is 15.1. The van der Waals surface area contributed by atoms with Gasteiger partial charge in [0.2, 0.25) is 0 Å². The predicted octanol–water partition coefficient (Wildman–Crippen LogP) is 2.04. The molecule has 1 heterocycles. The second kappa shape index (κ2) is 5.77. The zero-order valence-corrected chi connectivity index (χ0v) is 10.6. The first-order valence-corrected chi connectivity index (χ1v) is 5.66. The Labute approximate surface area is 108 Å². The second-order valence-corrected chi connectivity index (χ2v) is 3.72. The van der Waals surface area contributed by atoms with Crippen LogP contribution in [0, 0.1) is 0 Å². The van der Waals surface area contributed by atoms with Gasteiger partial charge in [0.15, 0.2) is 5.84 Å². The minimum absolute atomic E-state index is 0.0510. The standard InChI is InChI=1S/C11H15F3N4O/c1-3-18(4-2)10-7(9(15)17-19)5-6-8(16-10)11(12,13)14/h5-6,19H,3-4H2,1-2H3,(H2,15,17). The first-order valence-electron chi connectivity index (χ1n) is 5.66. The fourth-order valence-corrected chi connectivity index (χ4v) is 1.62. The van der Waals surface area contributed by atoms with Crippen molar-refractivity contribution < 1.29 is 18.4 Å². The number of aromatic nitrogens is 1. The highest BCUT2D eigenvalue weighted by Crippen LogP contribution is 2.30. The summed E-state index contributed by atoms with van der Waals surface area (Å²) >= 11 is 0. The number of rotatable bonds is 4. The zero-order valence-electron chi connectivity index (χ0n) is 10.6. The predicted molar refractivity (Wildman–Crippen MR) is 65.3 cm³/mol.